The van der Waals surface area contributed by atoms with E-state index in [0.717, 1.165) is 10.6 Å². The first kappa shape index (κ1) is 13.1. The van der Waals surface area contributed by atoms with Crippen LogP contribution in [0.3, 0.4) is 0 Å². The van der Waals surface area contributed by atoms with E-state index in [-0.39, 0.29) is 5.82 Å². The Balaban J connectivity index is 2.17. The lowest BCUT2D eigenvalue weighted by Crippen LogP contribution is -1.98. The van der Waals surface area contributed by atoms with Crippen molar-refractivity contribution in [2.24, 2.45) is 0 Å². The maximum absolute atomic E-state index is 13.7. The lowest BCUT2D eigenvalue weighted by atomic mass is 10.1. The van der Waals surface area contributed by atoms with Gasteiger partial charge in [-0.15, -0.1) is 11.8 Å². The maximum atomic E-state index is 13.7. The molecule has 0 amide bonds. The van der Waals surface area contributed by atoms with Gasteiger partial charge in [0.2, 0.25) is 0 Å². The summed E-state index contributed by atoms with van der Waals surface area (Å²) >= 11 is 1.54. The van der Waals surface area contributed by atoms with E-state index in [1.54, 1.807) is 24.8 Å². The zero-order valence-electron chi connectivity index (χ0n) is 10.1. The summed E-state index contributed by atoms with van der Waals surface area (Å²) in [6.07, 6.45) is -0.788. The largest absolute Gasteiger partial charge is 0.389 e. The average Bonchev–Trinajstić information content (AvgIpc) is 2.37. The number of rotatable bonds is 4. The van der Waals surface area contributed by atoms with Crippen LogP contribution in [0.2, 0.25) is 0 Å². The minimum Gasteiger partial charge on any atom is -0.389 e. The van der Waals surface area contributed by atoms with Crippen LogP contribution in [-0.4, -0.2) is 5.11 Å². The Labute approximate surface area is 111 Å². The molecule has 1 unspecified atom stereocenters. The number of aliphatic hydroxyl groups excluding tert-OH is 1. The van der Waals surface area contributed by atoms with Gasteiger partial charge in [-0.05, 0) is 24.6 Å². The van der Waals surface area contributed by atoms with Gasteiger partial charge < -0.3 is 5.11 Å². The molecule has 1 nitrogen and oxygen atoms in total. The van der Waals surface area contributed by atoms with E-state index in [9.17, 15) is 9.50 Å². The van der Waals surface area contributed by atoms with Gasteiger partial charge in [-0.3, -0.25) is 0 Å². The van der Waals surface area contributed by atoms with Crippen molar-refractivity contribution in [1.82, 2.24) is 0 Å². The van der Waals surface area contributed by atoms with E-state index in [2.05, 4.69) is 0 Å². The van der Waals surface area contributed by atoms with E-state index in [1.807, 2.05) is 36.4 Å². The molecule has 0 aromatic heterocycles. The van der Waals surface area contributed by atoms with Crippen molar-refractivity contribution < 1.29 is 9.50 Å². The summed E-state index contributed by atoms with van der Waals surface area (Å²) in [5, 5.41) is 9.63. The topological polar surface area (TPSA) is 20.2 Å². The third-order valence-corrected chi connectivity index (χ3v) is 3.81. The van der Waals surface area contributed by atoms with Gasteiger partial charge >= 0.3 is 0 Å². The van der Waals surface area contributed by atoms with E-state index in [1.165, 1.54) is 11.6 Å². The molecule has 0 saturated carbocycles. The second-order valence-corrected chi connectivity index (χ2v) is 5.12. The Morgan fingerprint density at radius 2 is 1.83 bits per heavy atom. The molecular formula is C15H15FOS. The molecule has 1 N–H and O–H groups in total. The highest BCUT2D eigenvalue weighted by atomic mass is 32.2. The molecule has 2 aromatic rings. The summed E-state index contributed by atoms with van der Waals surface area (Å²) in [5.74, 6) is 0.423. The van der Waals surface area contributed by atoms with Crippen molar-refractivity contribution in [3.05, 3.63) is 65.5 Å². The molecule has 18 heavy (non-hydrogen) atoms. The molecule has 0 saturated heterocycles. The van der Waals surface area contributed by atoms with Gasteiger partial charge in [0, 0.05) is 16.2 Å². The molecule has 0 heterocycles. The fourth-order valence-electron chi connectivity index (χ4n) is 1.78. The van der Waals surface area contributed by atoms with Crippen LogP contribution >= 0.6 is 11.8 Å². The minimum absolute atomic E-state index is 0.344. The third-order valence-electron chi connectivity index (χ3n) is 2.67. The monoisotopic (exact) mass is 262 g/mol. The predicted molar refractivity (Wildman–Crippen MR) is 73.0 cm³/mol. The van der Waals surface area contributed by atoms with Crippen molar-refractivity contribution in [1.29, 1.82) is 0 Å². The number of benzene rings is 2. The molecule has 0 radical (unpaired) electrons. The first-order valence-electron chi connectivity index (χ1n) is 5.81. The fraction of sp³-hybridized carbons (Fsp3) is 0.200. The molecule has 0 aliphatic heterocycles. The summed E-state index contributed by atoms with van der Waals surface area (Å²) in [6.45, 7) is 1.59. The Hall–Kier alpha value is -1.32. The number of aliphatic hydroxyl groups is 1. The van der Waals surface area contributed by atoms with Crippen molar-refractivity contribution in [2.45, 2.75) is 23.7 Å². The van der Waals surface area contributed by atoms with Crippen LogP contribution in [0.5, 0.6) is 0 Å². The van der Waals surface area contributed by atoms with Gasteiger partial charge in [0.15, 0.2) is 0 Å². The van der Waals surface area contributed by atoms with Crippen LogP contribution in [-0.2, 0) is 5.75 Å². The molecule has 0 fully saturated rings. The highest BCUT2D eigenvalue weighted by molar-refractivity contribution is 7.98. The van der Waals surface area contributed by atoms with Crippen molar-refractivity contribution in [2.75, 3.05) is 0 Å². The Morgan fingerprint density at radius 3 is 2.50 bits per heavy atom. The maximum Gasteiger partial charge on any atom is 0.130 e. The summed E-state index contributed by atoms with van der Waals surface area (Å²) in [4.78, 5) is 0.800. The van der Waals surface area contributed by atoms with E-state index in [0.29, 0.717) is 5.56 Å². The van der Waals surface area contributed by atoms with Crippen LogP contribution in [0, 0.1) is 5.82 Å². The number of halogens is 1. The Kier molecular flexibility index (Phi) is 4.39. The summed E-state index contributed by atoms with van der Waals surface area (Å²) in [5.41, 5.74) is 1.57. The predicted octanol–water partition coefficient (Wildman–Crippen LogP) is 4.17. The Bertz CT molecular complexity index is 511. The summed E-state index contributed by atoms with van der Waals surface area (Å²) in [7, 11) is 0. The first-order valence-corrected chi connectivity index (χ1v) is 6.80. The van der Waals surface area contributed by atoms with E-state index < -0.39 is 6.10 Å². The molecule has 0 spiro atoms. The zero-order chi connectivity index (χ0) is 13.0. The van der Waals surface area contributed by atoms with Crippen LogP contribution in [0.25, 0.3) is 0 Å². The van der Waals surface area contributed by atoms with Crippen molar-refractivity contribution >= 4 is 11.8 Å². The highest BCUT2D eigenvalue weighted by Crippen LogP contribution is 2.31. The van der Waals surface area contributed by atoms with E-state index >= 15 is 0 Å². The van der Waals surface area contributed by atoms with Gasteiger partial charge in [0.05, 0.1) is 6.10 Å². The quantitative estimate of drug-likeness (QED) is 0.834. The van der Waals surface area contributed by atoms with Gasteiger partial charge in [0.25, 0.3) is 0 Å². The van der Waals surface area contributed by atoms with Gasteiger partial charge in [-0.25, -0.2) is 4.39 Å². The molecular weight excluding hydrogens is 247 g/mol. The van der Waals surface area contributed by atoms with E-state index in [4.69, 9.17) is 0 Å². The summed E-state index contributed by atoms with van der Waals surface area (Å²) in [6, 6.07) is 14.9. The lowest BCUT2D eigenvalue weighted by Gasteiger charge is -2.12. The fourth-order valence-corrected chi connectivity index (χ4v) is 2.90. The minimum atomic E-state index is -0.788. The molecule has 2 rings (SSSR count). The van der Waals surface area contributed by atoms with Gasteiger partial charge in [-0.2, -0.15) is 0 Å². The molecule has 2 aromatic carbocycles. The molecule has 0 aliphatic carbocycles. The summed E-state index contributed by atoms with van der Waals surface area (Å²) < 4.78 is 13.7. The zero-order valence-corrected chi connectivity index (χ0v) is 11.0. The van der Waals surface area contributed by atoms with Crippen LogP contribution in [0.15, 0.2) is 53.4 Å². The van der Waals surface area contributed by atoms with Gasteiger partial charge in [0.1, 0.15) is 5.82 Å². The molecule has 3 heteroatoms. The first-order chi connectivity index (χ1) is 8.68. The molecule has 0 bridgehead atoms. The van der Waals surface area contributed by atoms with Crippen molar-refractivity contribution in [3.8, 4) is 0 Å². The average molecular weight is 262 g/mol. The number of hydrogen-bond acceptors (Lipinski definition) is 2. The highest BCUT2D eigenvalue weighted by Gasteiger charge is 2.13. The van der Waals surface area contributed by atoms with Gasteiger partial charge in [-0.1, -0.05) is 36.4 Å². The molecule has 94 valence electrons. The normalized spacial score (nSPS) is 12.4. The molecule has 1 atom stereocenters. The molecule has 0 aliphatic rings. The number of hydrogen-bond donors (Lipinski definition) is 1. The van der Waals surface area contributed by atoms with Crippen LogP contribution in [0.4, 0.5) is 4.39 Å². The smallest absolute Gasteiger partial charge is 0.130 e. The SMILES string of the molecule is CC(O)c1c(F)cccc1SCc1ccccc1. The van der Waals surface area contributed by atoms with Crippen molar-refractivity contribution in [3.63, 3.8) is 0 Å². The van der Waals surface area contributed by atoms with Crippen LogP contribution < -0.4 is 0 Å². The third kappa shape index (κ3) is 3.12. The second kappa shape index (κ2) is 6.03. The second-order valence-electron chi connectivity index (χ2n) is 4.10. The lowest BCUT2D eigenvalue weighted by molar-refractivity contribution is 0.191. The van der Waals surface area contributed by atoms with Crippen LogP contribution in [0.1, 0.15) is 24.2 Å². The number of thioether (sulfide) groups is 1. The standard InChI is InChI=1S/C15H15FOS/c1-11(17)15-13(16)8-5-9-14(15)18-10-12-6-3-2-4-7-12/h2-9,11,17H,10H2,1H3. The Morgan fingerprint density at radius 1 is 1.11 bits per heavy atom.